The first-order valence-electron chi connectivity index (χ1n) is 7.61. The van der Waals surface area contributed by atoms with Crippen molar-refractivity contribution in [3.05, 3.63) is 0 Å². The second kappa shape index (κ2) is 6.19. The average Bonchev–Trinajstić information content (AvgIpc) is 2.52. The van der Waals surface area contributed by atoms with Gasteiger partial charge in [0.25, 0.3) is 0 Å². The highest BCUT2D eigenvalue weighted by molar-refractivity contribution is 4.83. The van der Waals surface area contributed by atoms with Gasteiger partial charge >= 0.3 is 0 Å². The lowest BCUT2D eigenvalue weighted by molar-refractivity contribution is 0.283. The summed E-state index contributed by atoms with van der Waals surface area (Å²) in [5.41, 5.74) is 0.558. The maximum absolute atomic E-state index is 3.77. The highest BCUT2D eigenvalue weighted by atomic mass is 15.2. The third kappa shape index (κ3) is 4.59. The van der Waals surface area contributed by atoms with Gasteiger partial charge < -0.3 is 10.2 Å². The fraction of sp³-hybridized carbons (Fsp3) is 1.00. The Kier molecular flexibility index (Phi) is 4.87. The molecular weight excluding hydrogens is 208 g/mol. The zero-order chi connectivity index (χ0) is 12.1. The lowest BCUT2D eigenvalue weighted by Crippen LogP contribution is -2.36. The maximum atomic E-state index is 3.77. The third-order valence-electron chi connectivity index (χ3n) is 4.47. The van der Waals surface area contributed by atoms with Gasteiger partial charge in [-0.1, -0.05) is 39.5 Å². The summed E-state index contributed by atoms with van der Waals surface area (Å²) in [6.45, 7) is 9.83. The molecule has 1 saturated carbocycles. The molecule has 0 radical (unpaired) electrons. The molecule has 2 aliphatic rings. The normalized spacial score (nSPS) is 27.2. The predicted octanol–water partition coefficient (Wildman–Crippen LogP) is 3.03. The van der Waals surface area contributed by atoms with Gasteiger partial charge in [0.2, 0.25) is 0 Å². The van der Waals surface area contributed by atoms with E-state index in [9.17, 15) is 0 Å². The van der Waals surface area contributed by atoms with Crippen LogP contribution >= 0.6 is 0 Å². The number of likely N-dealkylation sites (tertiary alicyclic amines) is 1. The number of nitrogens with one attached hydrogen (secondary N) is 1. The minimum atomic E-state index is 0.558. The van der Waals surface area contributed by atoms with Crippen LogP contribution in [0.2, 0.25) is 0 Å². The molecule has 1 saturated heterocycles. The Morgan fingerprint density at radius 1 is 1.12 bits per heavy atom. The Balaban J connectivity index is 1.59. The molecule has 2 nitrogen and oxygen atoms in total. The van der Waals surface area contributed by atoms with Gasteiger partial charge in [-0.05, 0) is 31.2 Å². The predicted molar refractivity (Wildman–Crippen MR) is 74.3 cm³/mol. The molecule has 0 bridgehead atoms. The zero-order valence-corrected chi connectivity index (χ0v) is 11.8. The summed E-state index contributed by atoms with van der Waals surface area (Å²) in [5.74, 6) is 0. The molecular formula is C15H30N2. The monoisotopic (exact) mass is 238 g/mol. The van der Waals surface area contributed by atoms with E-state index in [2.05, 4.69) is 24.1 Å². The SMILES string of the molecule is CC1(C)CCN(CCNC2CCCCCC2)C1. The fourth-order valence-corrected chi connectivity index (χ4v) is 3.33. The molecule has 1 heterocycles. The molecule has 0 aromatic carbocycles. The molecule has 0 unspecified atom stereocenters. The number of hydrogen-bond donors (Lipinski definition) is 1. The molecule has 1 aliphatic carbocycles. The summed E-state index contributed by atoms with van der Waals surface area (Å²) in [5, 5.41) is 3.77. The minimum Gasteiger partial charge on any atom is -0.313 e. The van der Waals surface area contributed by atoms with Gasteiger partial charge in [-0.25, -0.2) is 0 Å². The third-order valence-corrected chi connectivity index (χ3v) is 4.47. The molecule has 0 aromatic rings. The average molecular weight is 238 g/mol. The van der Waals surface area contributed by atoms with Crippen LogP contribution in [0.1, 0.15) is 58.8 Å². The van der Waals surface area contributed by atoms with Crippen LogP contribution in [0, 0.1) is 5.41 Å². The minimum absolute atomic E-state index is 0.558. The van der Waals surface area contributed by atoms with Crippen molar-refractivity contribution in [3.63, 3.8) is 0 Å². The first-order chi connectivity index (χ1) is 8.16. The van der Waals surface area contributed by atoms with Gasteiger partial charge in [0, 0.05) is 25.7 Å². The Morgan fingerprint density at radius 3 is 2.41 bits per heavy atom. The Bertz CT molecular complexity index is 212. The molecule has 0 spiro atoms. The summed E-state index contributed by atoms with van der Waals surface area (Å²) < 4.78 is 0. The van der Waals surface area contributed by atoms with Crippen molar-refractivity contribution in [3.8, 4) is 0 Å². The van der Waals surface area contributed by atoms with Gasteiger partial charge in [-0.3, -0.25) is 0 Å². The molecule has 0 amide bonds. The second-order valence-electron chi connectivity index (χ2n) is 6.83. The highest BCUT2D eigenvalue weighted by Crippen LogP contribution is 2.28. The molecule has 2 heteroatoms. The van der Waals surface area contributed by atoms with Crippen molar-refractivity contribution < 1.29 is 0 Å². The molecule has 17 heavy (non-hydrogen) atoms. The first-order valence-corrected chi connectivity index (χ1v) is 7.61. The lowest BCUT2D eigenvalue weighted by atomic mass is 9.93. The maximum Gasteiger partial charge on any atom is 0.0107 e. The highest BCUT2D eigenvalue weighted by Gasteiger charge is 2.28. The standard InChI is InChI=1S/C15H30N2/c1-15(2)9-11-17(13-15)12-10-16-14-7-5-3-4-6-8-14/h14,16H,3-13H2,1-2H3. The molecule has 2 fully saturated rings. The molecule has 100 valence electrons. The molecule has 0 aromatic heterocycles. The summed E-state index contributed by atoms with van der Waals surface area (Å²) >= 11 is 0. The van der Waals surface area contributed by atoms with E-state index in [1.807, 2.05) is 0 Å². The topological polar surface area (TPSA) is 15.3 Å². The molecule has 1 aliphatic heterocycles. The van der Waals surface area contributed by atoms with Crippen molar-refractivity contribution in [2.24, 2.45) is 5.41 Å². The number of nitrogens with zero attached hydrogens (tertiary/aromatic N) is 1. The van der Waals surface area contributed by atoms with Crippen LogP contribution < -0.4 is 5.32 Å². The first kappa shape index (κ1) is 13.4. The summed E-state index contributed by atoms with van der Waals surface area (Å²) in [7, 11) is 0. The van der Waals surface area contributed by atoms with Crippen molar-refractivity contribution in [1.29, 1.82) is 0 Å². The van der Waals surface area contributed by atoms with Crippen molar-refractivity contribution in [2.75, 3.05) is 26.2 Å². The zero-order valence-electron chi connectivity index (χ0n) is 11.8. The molecule has 0 atom stereocenters. The second-order valence-corrected chi connectivity index (χ2v) is 6.83. The van der Waals surface area contributed by atoms with Crippen LogP contribution in [0.5, 0.6) is 0 Å². The van der Waals surface area contributed by atoms with Gasteiger partial charge in [-0.15, -0.1) is 0 Å². The van der Waals surface area contributed by atoms with E-state index in [0.29, 0.717) is 5.41 Å². The summed E-state index contributed by atoms with van der Waals surface area (Å²) in [6, 6.07) is 0.813. The van der Waals surface area contributed by atoms with E-state index < -0.39 is 0 Å². The molecule has 2 rings (SSSR count). The van der Waals surface area contributed by atoms with Crippen LogP contribution in [0.15, 0.2) is 0 Å². The van der Waals surface area contributed by atoms with Crippen LogP contribution in [-0.4, -0.2) is 37.1 Å². The van der Waals surface area contributed by atoms with E-state index in [-0.39, 0.29) is 0 Å². The van der Waals surface area contributed by atoms with Gasteiger partial charge in [0.1, 0.15) is 0 Å². The van der Waals surface area contributed by atoms with Gasteiger partial charge in [-0.2, -0.15) is 0 Å². The van der Waals surface area contributed by atoms with Crippen LogP contribution in [-0.2, 0) is 0 Å². The van der Waals surface area contributed by atoms with Gasteiger partial charge in [0.05, 0.1) is 0 Å². The quantitative estimate of drug-likeness (QED) is 0.757. The largest absolute Gasteiger partial charge is 0.313 e. The number of hydrogen-bond acceptors (Lipinski definition) is 2. The Hall–Kier alpha value is -0.0800. The van der Waals surface area contributed by atoms with E-state index in [1.54, 1.807) is 0 Å². The van der Waals surface area contributed by atoms with E-state index >= 15 is 0 Å². The van der Waals surface area contributed by atoms with E-state index in [1.165, 1.54) is 71.1 Å². The van der Waals surface area contributed by atoms with Crippen LogP contribution in [0.25, 0.3) is 0 Å². The van der Waals surface area contributed by atoms with Crippen LogP contribution in [0.3, 0.4) is 0 Å². The number of rotatable bonds is 4. The Labute approximate surface area is 107 Å². The molecule has 1 N–H and O–H groups in total. The van der Waals surface area contributed by atoms with E-state index in [4.69, 9.17) is 0 Å². The van der Waals surface area contributed by atoms with Gasteiger partial charge in [0.15, 0.2) is 0 Å². The smallest absolute Gasteiger partial charge is 0.0107 e. The van der Waals surface area contributed by atoms with Crippen LogP contribution in [0.4, 0.5) is 0 Å². The van der Waals surface area contributed by atoms with E-state index in [0.717, 1.165) is 6.04 Å². The summed E-state index contributed by atoms with van der Waals surface area (Å²) in [6.07, 6.45) is 9.98. The lowest BCUT2D eigenvalue weighted by Gasteiger charge is -2.22. The van der Waals surface area contributed by atoms with Crippen molar-refractivity contribution in [2.45, 2.75) is 64.8 Å². The van der Waals surface area contributed by atoms with Crippen molar-refractivity contribution in [1.82, 2.24) is 10.2 Å². The summed E-state index contributed by atoms with van der Waals surface area (Å²) in [4.78, 5) is 2.63. The fourth-order valence-electron chi connectivity index (χ4n) is 3.33. The van der Waals surface area contributed by atoms with Crippen molar-refractivity contribution >= 4 is 0 Å². The Morgan fingerprint density at radius 2 is 1.82 bits per heavy atom.